The topological polar surface area (TPSA) is 69.6 Å². The van der Waals surface area contributed by atoms with Crippen molar-refractivity contribution in [3.8, 4) is 0 Å². The third-order valence-corrected chi connectivity index (χ3v) is 4.77. The first-order chi connectivity index (χ1) is 11.2. The second-order valence-electron chi connectivity index (χ2n) is 5.24. The molecule has 1 saturated heterocycles. The van der Waals surface area contributed by atoms with Crippen LogP contribution in [0.5, 0.6) is 0 Å². The summed E-state index contributed by atoms with van der Waals surface area (Å²) < 4.78 is 37.1. The number of carbonyl (C=O) groups excluding carboxylic acids is 1. The number of rotatable bonds is 4. The molecule has 0 radical (unpaired) electrons. The summed E-state index contributed by atoms with van der Waals surface area (Å²) in [5.74, 6) is -2.70. The molecule has 1 atom stereocenters. The molecule has 132 valence electrons. The van der Waals surface area contributed by atoms with E-state index in [0.29, 0.717) is 18.2 Å². The van der Waals surface area contributed by atoms with E-state index < -0.39 is 29.8 Å². The van der Waals surface area contributed by atoms with Crippen molar-refractivity contribution < 1.29 is 27.9 Å². The van der Waals surface area contributed by atoms with Gasteiger partial charge in [-0.15, -0.1) is 11.8 Å². The monoisotopic (exact) mass is 382 g/mol. The average Bonchev–Trinajstić information content (AvgIpc) is 2.95. The fourth-order valence-corrected chi connectivity index (χ4v) is 3.15. The van der Waals surface area contributed by atoms with Crippen LogP contribution in [0.4, 0.5) is 23.7 Å². The third-order valence-electron chi connectivity index (χ3n) is 3.40. The normalized spacial score (nSPS) is 17.8. The predicted molar refractivity (Wildman–Crippen MR) is 84.6 cm³/mol. The van der Waals surface area contributed by atoms with E-state index in [1.54, 1.807) is 0 Å². The molecule has 1 aromatic carbocycles. The van der Waals surface area contributed by atoms with Crippen LogP contribution in [0.3, 0.4) is 0 Å². The Labute approximate surface area is 145 Å². The number of benzene rings is 1. The molecular weight excluding hydrogens is 369 g/mol. The van der Waals surface area contributed by atoms with Crippen LogP contribution in [0.25, 0.3) is 0 Å². The summed E-state index contributed by atoms with van der Waals surface area (Å²) in [6.07, 6.45) is -4.00. The van der Waals surface area contributed by atoms with Crippen LogP contribution in [0.2, 0.25) is 5.02 Å². The lowest BCUT2D eigenvalue weighted by Crippen LogP contribution is -2.34. The Kier molecular flexibility index (Phi) is 5.87. The molecular formula is C14H14ClF3N2O3S. The molecule has 2 rings (SSSR count). The van der Waals surface area contributed by atoms with Gasteiger partial charge in [-0.2, -0.15) is 13.2 Å². The number of thioether (sulfide) groups is 1. The summed E-state index contributed by atoms with van der Waals surface area (Å²) >= 11 is 6.38. The highest BCUT2D eigenvalue weighted by molar-refractivity contribution is 7.99. The Hall–Kier alpha value is -1.61. The maximum atomic E-state index is 12.4. The van der Waals surface area contributed by atoms with Gasteiger partial charge in [0.15, 0.2) is 0 Å². The van der Waals surface area contributed by atoms with Crippen molar-refractivity contribution in [3.05, 3.63) is 23.2 Å². The number of aliphatic carboxylic acids is 1. The lowest BCUT2D eigenvalue weighted by molar-refractivity contribution is -0.141. The Morgan fingerprint density at radius 2 is 2.12 bits per heavy atom. The minimum Gasteiger partial charge on any atom is -0.481 e. The molecule has 1 aliphatic rings. The maximum absolute atomic E-state index is 12.4. The Morgan fingerprint density at radius 3 is 2.71 bits per heavy atom. The number of carboxylic acids is 1. The molecule has 0 saturated carbocycles. The molecule has 0 aliphatic carbocycles. The SMILES string of the molecule is O=C(O)C1CCN(C(=O)Nc2cc(Cl)ccc2SCC(F)(F)F)C1. The number of carbonyl (C=O) groups is 2. The summed E-state index contributed by atoms with van der Waals surface area (Å²) in [5, 5.41) is 11.7. The first-order valence-corrected chi connectivity index (χ1v) is 8.30. The molecule has 1 aliphatic heterocycles. The third kappa shape index (κ3) is 5.20. The molecule has 2 amide bonds. The van der Waals surface area contributed by atoms with E-state index in [1.807, 2.05) is 0 Å². The average molecular weight is 383 g/mol. The molecule has 10 heteroatoms. The van der Waals surface area contributed by atoms with Crippen LogP contribution in [0.15, 0.2) is 23.1 Å². The van der Waals surface area contributed by atoms with Gasteiger partial charge in [0.25, 0.3) is 0 Å². The van der Waals surface area contributed by atoms with Gasteiger partial charge in [-0.1, -0.05) is 11.6 Å². The predicted octanol–water partition coefficient (Wildman–Crippen LogP) is 3.93. The number of nitrogens with one attached hydrogen (secondary N) is 1. The Morgan fingerprint density at radius 1 is 1.42 bits per heavy atom. The van der Waals surface area contributed by atoms with Crippen LogP contribution in [0.1, 0.15) is 6.42 Å². The van der Waals surface area contributed by atoms with Gasteiger partial charge in [-0.05, 0) is 24.6 Å². The zero-order chi connectivity index (χ0) is 17.9. The van der Waals surface area contributed by atoms with Crippen LogP contribution >= 0.6 is 23.4 Å². The van der Waals surface area contributed by atoms with E-state index in [-0.39, 0.29) is 28.7 Å². The smallest absolute Gasteiger partial charge is 0.398 e. The Balaban J connectivity index is 2.06. The van der Waals surface area contributed by atoms with Gasteiger partial charge in [0.05, 0.1) is 17.4 Å². The molecule has 1 heterocycles. The van der Waals surface area contributed by atoms with E-state index in [2.05, 4.69) is 5.32 Å². The van der Waals surface area contributed by atoms with Crippen molar-refractivity contribution in [3.63, 3.8) is 0 Å². The number of alkyl halides is 3. The first-order valence-electron chi connectivity index (χ1n) is 6.93. The highest BCUT2D eigenvalue weighted by Crippen LogP contribution is 2.34. The lowest BCUT2D eigenvalue weighted by atomic mass is 10.1. The number of nitrogens with zero attached hydrogens (tertiary/aromatic N) is 1. The number of carboxylic acid groups (broad SMARTS) is 1. The van der Waals surface area contributed by atoms with Crippen molar-refractivity contribution in [2.45, 2.75) is 17.5 Å². The molecule has 5 nitrogen and oxygen atoms in total. The molecule has 1 aromatic rings. The van der Waals surface area contributed by atoms with Crippen molar-refractivity contribution in [2.24, 2.45) is 5.92 Å². The van der Waals surface area contributed by atoms with Gasteiger partial charge < -0.3 is 15.3 Å². The Bertz CT molecular complexity index is 642. The number of likely N-dealkylation sites (tertiary alicyclic amines) is 1. The van der Waals surface area contributed by atoms with Crippen molar-refractivity contribution in [2.75, 3.05) is 24.2 Å². The van der Waals surface area contributed by atoms with E-state index in [1.165, 1.54) is 23.1 Å². The number of anilines is 1. The number of hydrogen-bond donors (Lipinski definition) is 2. The molecule has 2 N–H and O–H groups in total. The van der Waals surface area contributed by atoms with Crippen molar-refractivity contribution >= 4 is 41.1 Å². The standard InChI is InChI=1S/C14H14ClF3N2O3S/c15-9-1-2-11(24-7-14(16,17)18)10(5-9)19-13(23)20-4-3-8(6-20)12(21)22/h1-2,5,8H,3-4,6-7H2,(H,19,23)(H,21,22). The number of halogens is 4. The molecule has 24 heavy (non-hydrogen) atoms. The number of hydrogen-bond acceptors (Lipinski definition) is 3. The van der Waals surface area contributed by atoms with Crippen LogP contribution in [0, 0.1) is 5.92 Å². The second kappa shape index (κ2) is 7.52. The highest BCUT2D eigenvalue weighted by atomic mass is 35.5. The van der Waals surface area contributed by atoms with Gasteiger partial charge in [-0.25, -0.2) is 4.79 Å². The summed E-state index contributed by atoms with van der Waals surface area (Å²) in [7, 11) is 0. The lowest BCUT2D eigenvalue weighted by Gasteiger charge is -2.18. The number of urea groups is 1. The van der Waals surface area contributed by atoms with E-state index in [4.69, 9.17) is 16.7 Å². The molecule has 1 unspecified atom stereocenters. The van der Waals surface area contributed by atoms with Crippen molar-refractivity contribution in [1.82, 2.24) is 4.90 Å². The van der Waals surface area contributed by atoms with Gasteiger partial charge in [0.1, 0.15) is 0 Å². The summed E-state index contributed by atoms with van der Waals surface area (Å²) in [6, 6.07) is 3.64. The summed E-state index contributed by atoms with van der Waals surface area (Å²) in [6.45, 7) is 0.334. The summed E-state index contributed by atoms with van der Waals surface area (Å²) in [5.41, 5.74) is 0.167. The number of amides is 2. The second-order valence-corrected chi connectivity index (χ2v) is 6.70. The molecule has 0 aromatic heterocycles. The van der Waals surface area contributed by atoms with Gasteiger partial charge in [-0.3, -0.25) is 4.79 Å². The summed E-state index contributed by atoms with van der Waals surface area (Å²) in [4.78, 5) is 24.7. The maximum Gasteiger partial charge on any atom is 0.398 e. The van der Waals surface area contributed by atoms with E-state index >= 15 is 0 Å². The van der Waals surface area contributed by atoms with Gasteiger partial charge >= 0.3 is 18.2 Å². The minimum atomic E-state index is -4.34. The van der Waals surface area contributed by atoms with Crippen LogP contribution in [-0.4, -0.2) is 47.0 Å². The van der Waals surface area contributed by atoms with E-state index in [0.717, 1.165) is 0 Å². The quantitative estimate of drug-likeness (QED) is 0.774. The van der Waals surface area contributed by atoms with Crippen LogP contribution < -0.4 is 5.32 Å². The largest absolute Gasteiger partial charge is 0.481 e. The highest BCUT2D eigenvalue weighted by Gasteiger charge is 2.31. The fourth-order valence-electron chi connectivity index (χ4n) is 2.23. The molecule has 0 bridgehead atoms. The molecule has 1 fully saturated rings. The van der Waals surface area contributed by atoms with Crippen molar-refractivity contribution in [1.29, 1.82) is 0 Å². The first kappa shape index (κ1) is 18.7. The van der Waals surface area contributed by atoms with Gasteiger partial charge in [0, 0.05) is 23.0 Å². The zero-order valence-electron chi connectivity index (χ0n) is 12.3. The molecule has 0 spiro atoms. The fraction of sp³-hybridized carbons (Fsp3) is 0.429. The zero-order valence-corrected chi connectivity index (χ0v) is 13.8. The van der Waals surface area contributed by atoms with Gasteiger partial charge in [0.2, 0.25) is 0 Å². The van der Waals surface area contributed by atoms with Crippen LogP contribution in [-0.2, 0) is 4.79 Å². The minimum absolute atomic E-state index is 0.0623. The van der Waals surface area contributed by atoms with E-state index in [9.17, 15) is 22.8 Å².